The molecule has 11 heteroatoms. The van der Waals surface area contributed by atoms with Crippen molar-refractivity contribution in [1.82, 2.24) is 14.7 Å². The minimum absolute atomic E-state index is 0.125. The molecular formula is C26H34F3N3O5. The van der Waals surface area contributed by atoms with Gasteiger partial charge in [0.15, 0.2) is 0 Å². The lowest BCUT2D eigenvalue weighted by Gasteiger charge is -2.52. The number of esters is 1. The predicted octanol–water partition coefficient (Wildman–Crippen LogP) is 4.20. The Labute approximate surface area is 214 Å². The third kappa shape index (κ3) is 5.56. The largest absolute Gasteiger partial charge is 0.490 e. The summed E-state index contributed by atoms with van der Waals surface area (Å²) in [5.41, 5.74) is -0.238. The molecule has 0 bridgehead atoms. The maximum atomic E-state index is 13.4. The van der Waals surface area contributed by atoms with E-state index in [0.29, 0.717) is 44.7 Å². The van der Waals surface area contributed by atoms with E-state index < -0.39 is 35.9 Å². The fourth-order valence-corrected chi connectivity index (χ4v) is 6.05. The van der Waals surface area contributed by atoms with Gasteiger partial charge in [-0.25, -0.2) is 9.59 Å². The number of amides is 2. The lowest BCUT2D eigenvalue weighted by molar-refractivity contribution is -0.206. The van der Waals surface area contributed by atoms with Gasteiger partial charge in [0.05, 0.1) is 12.0 Å². The highest BCUT2D eigenvalue weighted by Gasteiger charge is 2.55. The Morgan fingerprint density at radius 3 is 2.32 bits per heavy atom. The Balaban J connectivity index is 1.56. The first-order chi connectivity index (χ1) is 17.5. The average molecular weight is 526 g/mol. The molecule has 1 aromatic carbocycles. The third-order valence-corrected chi connectivity index (χ3v) is 8.49. The van der Waals surface area contributed by atoms with Crippen LogP contribution in [0.4, 0.5) is 18.0 Å². The molecule has 1 N–H and O–H groups in total. The highest BCUT2D eigenvalue weighted by Crippen LogP contribution is 2.50. The van der Waals surface area contributed by atoms with Crippen LogP contribution in [0.5, 0.6) is 0 Å². The number of urea groups is 1. The molecule has 1 aromatic rings. The summed E-state index contributed by atoms with van der Waals surface area (Å²) in [7, 11) is 1.65. The number of benzene rings is 1. The van der Waals surface area contributed by atoms with E-state index in [-0.39, 0.29) is 19.0 Å². The number of rotatable bonds is 9. The van der Waals surface area contributed by atoms with Crippen molar-refractivity contribution in [2.24, 2.45) is 5.92 Å². The number of alkyl halides is 3. The number of carboxylic acid groups (broad SMARTS) is 1. The molecule has 2 amide bonds. The molecule has 3 fully saturated rings. The Hall–Kier alpha value is -2.82. The van der Waals surface area contributed by atoms with E-state index in [2.05, 4.69) is 4.74 Å². The Kier molecular flexibility index (Phi) is 7.73. The number of nitrogens with zero attached hydrogens (tertiary/aromatic N) is 3. The summed E-state index contributed by atoms with van der Waals surface area (Å²) < 4.78 is 42.9. The molecule has 1 heterocycles. The predicted molar refractivity (Wildman–Crippen MR) is 127 cm³/mol. The Morgan fingerprint density at radius 2 is 1.78 bits per heavy atom. The second-order valence-corrected chi connectivity index (χ2v) is 10.6. The number of hydrogen-bond acceptors (Lipinski definition) is 5. The van der Waals surface area contributed by atoms with Crippen LogP contribution < -0.4 is 0 Å². The standard InChI is InChI=1S/C26H34F3N3O5/c1-30(18-37-22(35)26(27,28)29)25(20-8-3-2-4-9-20)13-11-24(12-14-25)17-31(15-10-21(33)34)23(36)32(24)16-19-6-5-7-19/h2-4,8-9,19H,5-7,10-18H2,1H3,(H,33,34). The first kappa shape index (κ1) is 27.2. The Bertz CT molecular complexity index is 991. The monoisotopic (exact) mass is 525 g/mol. The Morgan fingerprint density at radius 1 is 1.14 bits per heavy atom. The van der Waals surface area contributed by atoms with Crippen molar-refractivity contribution < 1.29 is 37.4 Å². The van der Waals surface area contributed by atoms with Crippen LogP contribution in [-0.4, -0.2) is 82.9 Å². The molecule has 2 aliphatic carbocycles. The van der Waals surface area contributed by atoms with Crippen molar-refractivity contribution in [3.05, 3.63) is 35.9 Å². The molecule has 2 saturated carbocycles. The van der Waals surface area contributed by atoms with Crippen LogP contribution in [0.1, 0.15) is 56.9 Å². The number of carboxylic acids is 1. The van der Waals surface area contributed by atoms with Gasteiger partial charge in [-0.2, -0.15) is 13.2 Å². The molecule has 204 valence electrons. The number of carbonyl (C=O) groups is 3. The smallest absolute Gasteiger partial charge is 0.481 e. The maximum Gasteiger partial charge on any atom is 0.490 e. The molecule has 1 spiro atoms. The van der Waals surface area contributed by atoms with E-state index in [9.17, 15) is 27.6 Å². The van der Waals surface area contributed by atoms with Crippen LogP contribution in [0, 0.1) is 5.92 Å². The van der Waals surface area contributed by atoms with Crippen molar-refractivity contribution in [2.45, 2.75) is 68.6 Å². The quantitative estimate of drug-likeness (QED) is 0.384. The fraction of sp³-hybridized carbons (Fsp3) is 0.654. The summed E-state index contributed by atoms with van der Waals surface area (Å²) in [6.45, 7) is 0.702. The topological polar surface area (TPSA) is 90.4 Å². The zero-order chi connectivity index (χ0) is 26.8. The van der Waals surface area contributed by atoms with Crippen molar-refractivity contribution in [2.75, 3.05) is 33.4 Å². The lowest BCUT2D eigenvalue weighted by atomic mass is 9.68. The summed E-state index contributed by atoms with van der Waals surface area (Å²) in [4.78, 5) is 41.2. The summed E-state index contributed by atoms with van der Waals surface area (Å²) in [5, 5.41) is 9.15. The van der Waals surface area contributed by atoms with Crippen molar-refractivity contribution in [3.8, 4) is 0 Å². The van der Waals surface area contributed by atoms with Gasteiger partial charge in [0.25, 0.3) is 0 Å². The minimum Gasteiger partial charge on any atom is -0.481 e. The second kappa shape index (κ2) is 10.5. The number of halogens is 3. The van der Waals surface area contributed by atoms with Gasteiger partial charge < -0.3 is 19.6 Å². The van der Waals surface area contributed by atoms with Gasteiger partial charge in [-0.05, 0) is 57.1 Å². The number of carbonyl (C=O) groups excluding carboxylic acids is 2. The molecule has 0 atom stereocenters. The third-order valence-electron chi connectivity index (χ3n) is 8.49. The highest BCUT2D eigenvalue weighted by atomic mass is 19.4. The van der Waals surface area contributed by atoms with Gasteiger partial charge in [-0.3, -0.25) is 9.69 Å². The molecule has 4 rings (SSSR count). The molecular weight excluding hydrogens is 491 g/mol. The van der Waals surface area contributed by atoms with Gasteiger partial charge in [0.2, 0.25) is 0 Å². The normalized spacial score (nSPS) is 26.6. The molecule has 3 aliphatic rings. The zero-order valence-corrected chi connectivity index (χ0v) is 21.0. The van der Waals surface area contributed by atoms with Crippen LogP contribution in [0.25, 0.3) is 0 Å². The van der Waals surface area contributed by atoms with E-state index in [0.717, 1.165) is 24.8 Å². The lowest BCUT2D eigenvalue weighted by Crippen LogP contribution is -2.57. The van der Waals surface area contributed by atoms with Crippen molar-refractivity contribution in [1.29, 1.82) is 0 Å². The van der Waals surface area contributed by atoms with E-state index >= 15 is 0 Å². The summed E-state index contributed by atoms with van der Waals surface area (Å²) in [5.74, 6) is -2.75. The second-order valence-electron chi connectivity index (χ2n) is 10.6. The van der Waals surface area contributed by atoms with Gasteiger partial charge in [0.1, 0.15) is 6.73 Å². The van der Waals surface area contributed by atoms with Crippen LogP contribution in [0.2, 0.25) is 0 Å². The van der Waals surface area contributed by atoms with E-state index in [1.807, 2.05) is 35.2 Å². The minimum atomic E-state index is -5.07. The van der Waals surface area contributed by atoms with Crippen molar-refractivity contribution in [3.63, 3.8) is 0 Å². The van der Waals surface area contributed by atoms with Crippen molar-refractivity contribution >= 4 is 18.0 Å². The maximum absolute atomic E-state index is 13.4. The fourth-order valence-electron chi connectivity index (χ4n) is 6.05. The number of ether oxygens (including phenoxy) is 1. The SMILES string of the molecule is CN(COC(=O)C(F)(F)F)C1(c2ccccc2)CCC2(CC1)CN(CCC(=O)O)C(=O)N2CC1CCC1. The molecule has 0 radical (unpaired) electrons. The average Bonchev–Trinajstić information content (AvgIpc) is 3.09. The summed E-state index contributed by atoms with van der Waals surface area (Å²) >= 11 is 0. The number of hydrogen-bond donors (Lipinski definition) is 1. The molecule has 8 nitrogen and oxygen atoms in total. The van der Waals surface area contributed by atoms with E-state index in [4.69, 9.17) is 5.11 Å². The van der Waals surface area contributed by atoms with Gasteiger partial charge >= 0.3 is 24.1 Å². The van der Waals surface area contributed by atoms with Crippen LogP contribution in [0.15, 0.2) is 30.3 Å². The molecule has 1 saturated heterocycles. The van der Waals surface area contributed by atoms with Crippen LogP contribution >= 0.6 is 0 Å². The van der Waals surface area contributed by atoms with Crippen LogP contribution in [-0.2, 0) is 19.9 Å². The van der Waals surface area contributed by atoms with E-state index in [1.54, 1.807) is 16.8 Å². The van der Waals surface area contributed by atoms with Gasteiger partial charge in [-0.15, -0.1) is 0 Å². The summed E-state index contributed by atoms with van der Waals surface area (Å²) in [6.07, 6.45) is 0.358. The number of aliphatic carboxylic acids is 1. The van der Waals surface area contributed by atoms with E-state index in [1.165, 1.54) is 0 Å². The molecule has 0 unspecified atom stereocenters. The van der Waals surface area contributed by atoms with Gasteiger partial charge in [0, 0.05) is 25.2 Å². The first-order valence-corrected chi connectivity index (χ1v) is 12.8. The zero-order valence-electron chi connectivity index (χ0n) is 21.0. The molecule has 0 aromatic heterocycles. The van der Waals surface area contributed by atoms with Crippen LogP contribution in [0.3, 0.4) is 0 Å². The molecule has 37 heavy (non-hydrogen) atoms. The molecule has 1 aliphatic heterocycles. The summed E-state index contributed by atoms with van der Waals surface area (Å²) in [6, 6.07) is 9.31. The van der Waals surface area contributed by atoms with Gasteiger partial charge in [-0.1, -0.05) is 36.8 Å². The highest BCUT2D eigenvalue weighted by molar-refractivity contribution is 5.79. The first-order valence-electron chi connectivity index (χ1n) is 12.8.